The van der Waals surface area contributed by atoms with Gasteiger partial charge in [0.15, 0.2) is 0 Å². The molecule has 1 aliphatic rings. The van der Waals surface area contributed by atoms with Gasteiger partial charge < -0.3 is 20.1 Å². The van der Waals surface area contributed by atoms with Crippen LogP contribution in [0.5, 0.6) is 11.5 Å². The largest absolute Gasteiger partial charge is 0.495 e. The minimum atomic E-state index is -4.64. The number of nitrogens with zero attached hydrogens (tertiary/aromatic N) is 2. The van der Waals surface area contributed by atoms with E-state index in [4.69, 9.17) is 21.1 Å². The fraction of sp³-hybridized carbons (Fsp3) is 0.257. The maximum atomic E-state index is 14.7. The van der Waals surface area contributed by atoms with Crippen molar-refractivity contribution in [2.45, 2.75) is 50.5 Å². The van der Waals surface area contributed by atoms with Crippen molar-refractivity contribution in [3.05, 3.63) is 106 Å². The molecule has 250 valence electrons. The molecule has 0 saturated heterocycles. The maximum Gasteiger partial charge on any atom is 0.274 e. The molecule has 2 N–H and O–H groups in total. The number of anilines is 2. The van der Waals surface area contributed by atoms with Crippen LogP contribution in [0.3, 0.4) is 0 Å². The molecule has 1 unspecified atom stereocenters. The van der Waals surface area contributed by atoms with Crippen molar-refractivity contribution in [2.24, 2.45) is 0 Å². The fourth-order valence-corrected chi connectivity index (χ4v) is 7.45. The van der Waals surface area contributed by atoms with Crippen LogP contribution in [0.15, 0.2) is 84.0 Å². The van der Waals surface area contributed by atoms with E-state index in [2.05, 4.69) is 15.6 Å². The Bertz CT molecular complexity index is 2030. The molecule has 48 heavy (non-hydrogen) atoms. The maximum absolute atomic E-state index is 14.7. The second-order valence-corrected chi connectivity index (χ2v) is 14.4. The van der Waals surface area contributed by atoms with E-state index in [-0.39, 0.29) is 32.5 Å². The molecule has 0 bridgehead atoms. The van der Waals surface area contributed by atoms with Crippen molar-refractivity contribution in [3.8, 4) is 11.5 Å². The first-order valence-electron chi connectivity index (χ1n) is 15.0. The zero-order valence-electron chi connectivity index (χ0n) is 27.3. The lowest BCUT2D eigenvalue weighted by Crippen LogP contribution is -2.42. The Labute approximate surface area is 284 Å². The summed E-state index contributed by atoms with van der Waals surface area (Å²) >= 11 is 6.74. The summed E-state index contributed by atoms with van der Waals surface area (Å²) in [5.74, 6) is -1.38. The highest BCUT2D eigenvalue weighted by molar-refractivity contribution is 7.93. The number of rotatable bonds is 9. The van der Waals surface area contributed by atoms with E-state index >= 15 is 0 Å². The van der Waals surface area contributed by atoms with E-state index in [1.807, 2.05) is 20.8 Å². The second kappa shape index (κ2) is 12.9. The predicted octanol–water partition coefficient (Wildman–Crippen LogP) is 5.96. The molecule has 13 heteroatoms. The summed E-state index contributed by atoms with van der Waals surface area (Å²) in [6.07, 6.45) is 2.96. The number of nitrogens with one attached hydrogen (secondary N) is 2. The van der Waals surface area contributed by atoms with Crippen molar-refractivity contribution in [2.75, 3.05) is 23.3 Å². The van der Waals surface area contributed by atoms with E-state index in [1.165, 1.54) is 43.6 Å². The number of aromatic nitrogens is 1. The molecule has 11 nitrogen and oxygen atoms in total. The highest BCUT2D eigenvalue weighted by Gasteiger charge is 2.54. The van der Waals surface area contributed by atoms with Crippen LogP contribution in [0.2, 0.25) is 5.02 Å². The minimum absolute atomic E-state index is 0.0865. The molecule has 4 aromatic rings. The van der Waals surface area contributed by atoms with Crippen LogP contribution in [-0.2, 0) is 20.2 Å². The van der Waals surface area contributed by atoms with Gasteiger partial charge in [0.25, 0.3) is 27.7 Å². The molecular formula is C35H35ClN4O7S. The number of halogens is 1. The van der Waals surface area contributed by atoms with Gasteiger partial charge in [0.2, 0.25) is 0 Å². The molecule has 2 heterocycles. The number of carbonyl (C=O) groups excluding carboxylic acids is 3. The number of hydrogen-bond acceptors (Lipinski definition) is 8. The molecule has 3 aromatic carbocycles. The van der Waals surface area contributed by atoms with Crippen molar-refractivity contribution in [3.63, 3.8) is 0 Å². The zero-order valence-corrected chi connectivity index (χ0v) is 28.8. The molecule has 1 atom stereocenters. The molecule has 3 amide bonds. The summed E-state index contributed by atoms with van der Waals surface area (Å²) in [7, 11) is -3.36. The van der Waals surface area contributed by atoms with E-state index < -0.39 is 38.7 Å². The van der Waals surface area contributed by atoms with Crippen molar-refractivity contribution in [1.82, 2.24) is 10.3 Å². The topological polar surface area (TPSA) is 144 Å². The van der Waals surface area contributed by atoms with Crippen LogP contribution in [0.1, 0.15) is 66.5 Å². The number of pyridine rings is 1. The Morgan fingerprint density at radius 1 is 0.979 bits per heavy atom. The number of methoxy groups -OCH3 is 1. The summed E-state index contributed by atoms with van der Waals surface area (Å²) in [4.78, 5) is 44.1. The molecule has 0 fully saturated rings. The van der Waals surface area contributed by atoms with Gasteiger partial charge in [-0.15, -0.1) is 0 Å². The zero-order chi connectivity index (χ0) is 35.0. The molecule has 1 aliphatic heterocycles. The van der Waals surface area contributed by atoms with Crippen LogP contribution in [0.25, 0.3) is 0 Å². The first-order chi connectivity index (χ1) is 22.6. The monoisotopic (exact) mass is 690 g/mol. The van der Waals surface area contributed by atoms with E-state index in [0.717, 1.165) is 4.31 Å². The van der Waals surface area contributed by atoms with Gasteiger partial charge in [-0.25, -0.2) is 12.7 Å². The molecule has 0 saturated carbocycles. The summed E-state index contributed by atoms with van der Waals surface area (Å²) in [6.45, 7) is 9.17. The standard InChI is InChI=1S/C35H35ClN4O7S/c1-7-47-24-12-14-28-26(19-24)35(5,25-18-23(11-13-27(25)36)38-31(41)22-9-8-16-37-20-22)33(43)40(28)48(44,45)30-15-10-21(17-29(30)46-6)32(42)39-34(2,3)4/h8-20H,7H2,1-6H3,(H,38,41)(H,39,42). The lowest BCUT2D eigenvalue weighted by Gasteiger charge is -2.27. The number of hydrogen-bond donors (Lipinski definition) is 2. The Morgan fingerprint density at radius 2 is 1.73 bits per heavy atom. The summed E-state index contributed by atoms with van der Waals surface area (Å²) < 4.78 is 40.9. The molecule has 1 aromatic heterocycles. The van der Waals surface area contributed by atoms with Crippen molar-refractivity contribution < 1.29 is 32.3 Å². The molecule has 0 radical (unpaired) electrons. The van der Waals surface area contributed by atoms with E-state index in [0.29, 0.717) is 29.2 Å². The Hall–Kier alpha value is -4.94. The number of ether oxygens (including phenoxy) is 2. The van der Waals surface area contributed by atoms with Gasteiger partial charge in [0.05, 0.1) is 25.0 Å². The minimum Gasteiger partial charge on any atom is -0.495 e. The lowest BCUT2D eigenvalue weighted by molar-refractivity contribution is -0.120. The van der Waals surface area contributed by atoms with Crippen molar-refractivity contribution >= 4 is 50.7 Å². The summed E-state index contributed by atoms with van der Waals surface area (Å²) in [6, 6.07) is 16.5. The number of fused-ring (bicyclic) bond motifs is 1. The van der Waals surface area contributed by atoms with Crippen LogP contribution in [-0.4, -0.2) is 50.4 Å². The normalized spacial score (nSPS) is 15.9. The number of sulfonamides is 1. The fourth-order valence-electron chi connectivity index (χ4n) is 5.50. The average Bonchev–Trinajstić information content (AvgIpc) is 3.28. The lowest BCUT2D eigenvalue weighted by atomic mass is 9.77. The first-order valence-corrected chi connectivity index (χ1v) is 16.8. The van der Waals surface area contributed by atoms with Gasteiger partial charge in [-0.05, 0) is 107 Å². The molecule has 0 aliphatic carbocycles. The van der Waals surface area contributed by atoms with Crippen LogP contribution in [0, 0.1) is 0 Å². The van der Waals surface area contributed by atoms with Gasteiger partial charge >= 0.3 is 0 Å². The SMILES string of the molecule is CCOc1ccc2c(c1)C(C)(c1cc(NC(=O)c3cccnc3)ccc1Cl)C(=O)N2S(=O)(=O)c1ccc(C(=O)NC(C)(C)C)cc1OC. The third-order valence-corrected chi connectivity index (χ3v) is 9.83. The van der Waals surface area contributed by atoms with Gasteiger partial charge in [0.1, 0.15) is 21.8 Å². The molecular weight excluding hydrogens is 656 g/mol. The van der Waals surface area contributed by atoms with Gasteiger partial charge in [-0.1, -0.05) is 11.6 Å². The van der Waals surface area contributed by atoms with Gasteiger partial charge in [-0.3, -0.25) is 19.4 Å². The second-order valence-electron chi connectivity index (χ2n) is 12.3. The Kier molecular flexibility index (Phi) is 9.26. The van der Waals surface area contributed by atoms with Gasteiger partial charge in [-0.2, -0.15) is 0 Å². The van der Waals surface area contributed by atoms with Crippen LogP contribution in [0.4, 0.5) is 11.4 Å². The Balaban J connectivity index is 1.63. The summed E-state index contributed by atoms with van der Waals surface area (Å²) in [5.41, 5.74) is -0.705. The Morgan fingerprint density at radius 3 is 2.38 bits per heavy atom. The highest BCUT2D eigenvalue weighted by Crippen LogP contribution is 2.51. The molecule has 5 rings (SSSR count). The van der Waals surface area contributed by atoms with Crippen LogP contribution < -0.4 is 24.4 Å². The third kappa shape index (κ3) is 6.33. The third-order valence-electron chi connectivity index (χ3n) is 7.77. The summed E-state index contributed by atoms with van der Waals surface area (Å²) in [5, 5.41) is 5.80. The highest BCUT2D eigenvalue weighted by atomic mass is 35.5. The number of amides is 3. The van der Waals surface area contributed by atoms with E-state index in [9.17, 15) is 22.8 Å². The number of benzene rings is 3. The molecule has 0 spiro atoms. The first kappa shape index (κ1) is 34.4. The van der Waals surface area contributed by atoms with Crippen LogP contribution >= 0.6 is 11.6 Å². The van der Waals surface area contributed by atoms with Crippen molar-refractivity contribution in [1.29, 1.82) is 0 Å². The van der Waals surface area contributed by atoms with Gasteiger partial charge in [0, 0.05) is 39.8 Å². The van der Waals surface area contributed by atoms with E-state index in [1.54, 1.807) is 56.4 Å². The smallest absolute Gasteiger partial charge is 0.274 e. The predicted molar refractivity (Wildman–Crippen MR) is 183 cm³/mol. The number of carbonyl (C=O) groups is 3. The quantitative estimate of drug-likeness (QED) is 0.219. The average molecular weight is 691 g/mol.